The zero-order chi connectivity index (χ0) is 7.11. The van der Waals surface area contributed by atoms with Crippen molar-refractivity contribution in [3.63, 3.8) is 0 Å². The number of hydrogen-bond donors (Lipinski definition) is 1. The molecule has 0 atom stereocenters. The minimum absolute atomic E-state index is 0.0220. The van der Waals surface area contributed by atoms with Crippen LogP contribution < -0.4 is 5.43 Å². The molecule has 0 radical (unpaired) electrons. The van der Waals surface area contributed by atoms with Crippen LogP contribution in [0.3, 0.4) is 0 Å². The topological polar surface area (TPSA) is 50.4 Å². The highest BCUT2D eigenvalue weighted by Gasteiger charge is 1.72. The molecular weight excluding hydrogens is 120 g/mol. The van der Waals surface area contributed by atoms with Gasteiger partial charge in [0.05, 0.1) is 12.5 Å². The van der Waals surface area contributed by atoms with Gasteiger partial charge in [-0.15, -0.1) is 0 Å². The largest absolute Gasteiger partial charge is 0.472 e. The van der Waals surface area contributed by atoms with E-state index in [1.807, 2.05) is 0 Å². The molecule has 0 bridgehead atoms. The molecule has 3 nitrogen and oxygen atoms in total. The van der Waals surface area contributed by atoms with E-state index in [0.29, 0.717) is 0 Å². The Hall–Kier alpha value is -1.09. The molecule has 0 aromatic carbocycles. The van der Waals surface area contributed by atoms with Crippen molar-refractivity contribution in [2.45, 2.75) is 0 Å². The van der Waals surface area contributed by atoms with Gasteiger partial charge in [0.2, 0.25) is 0 Å². The van der Waals surface area contributed by atoms with Crippen LogP contribution in [-0.2, 0) is 0 Å². The Morgan fingerprint density at radius 1 is 1.33 bits per heavy atom. The number of aliphatic hydroxyl groups is 1. The van der Waals surface area contributed by atoms with E-state index in [9.17, 15) is 4.79 Å². The summed E-state index contributed by atoms with van der Waals surface area (Å²) in [7, 11) is 1.00. The van der Waals surface area contributed by atoms with Gasteiger partial charge in [-0.2, -0.15) is 0 Å². The Labute approximate surface area is 52.6 Å². The van der Waals surface area contributed by atoms with Crippen LogP contribution in [0.25, 0.3) is 0 Å². The fourth-order valence-electron chi connectivity index (χ4n) is 0.314. The zero-order valence-corrected chi connectivity index (χ0v) is 5.07. The number of rotatable bonds is 0. The first-order valence-corrected chi connectivity index (χ1v) is 2.37. The van der Waals surface area contributed by atoms with Gasteiger partial charge in [-0.3, -0.25) is 4.79 Å². The van der Waals surface area contributed by atoms with Crippen molar-refractivity contribution in [1.82, 2.24) is 0 Å². The van der Waals surface area contributed by atoms with Crippen LogP contribution in [0.2, 0.25) is 0 Å². The maximum atomic E-state index is 10.2. The highest BCUT2D eigenvalue weighted by Crippen LogP contribution is 1.72. The molecular formula is C6H8O3. The maximum absolute atomic E-state index is 10.2. The van der Waals surface area contributed by atoms with Crippen LogP contribution >= 0.6 is 0 Å². The highest BCUT2D eigenvalue weighted by atomic mass is 16.3. The summed E-state index contributed by atoms with van der Waals surface area (Å²) in [6.45, 7) is 0. The van der Waals surface area contributed by atoms with Crippen LogP contribution in [-0.4, -0.2) is 12.2 Å². The first kappa shape index (κ1) is 7.91. The Morgan fingerprint density at radius 3 is 2.00 bits per heavy atom. The monoisotopic (exact) mass is 128 g/mol. The van der Waals surface area contributed by atoms with Crippen LogP contribution in [0.4, 0.5) is 0 Å². The second-order valence-corrected chi connectivity index (χ2v) is 1.14. The van der Waals surface area contributed by atoms with Crippen molar-refractivity contribution in [1.29, 1.82) is 0 Å². The fraction of sp³-hybridized carbons (Fsp3) is 0.167. The third-order valence-electron chi connectivity index (χ3n) is 0.622. The number of aliphatic hydroxyl groups excluding tert-OH is 1. The predicted octanol–water partition coefficient (Wildman–Crippen LogP) is 0.248. The lowest BCUT2D eigenvalue weighted by atomic mass is 10.5. The van der Waals surface area contributed by atoms with Gasteiger partial charge in [0.15, 0.2) is 5.43 Å². The van der Waals surface area contributed by atoms with Crippen LogP contribution in [0, 0.1) is 0 Å². The average molecular weight is 128 g/mol. The van der Waals surface area contributed by atoms with Crippen LogP contribution in [0.15, 0.2) is 33.9 Å². The van der Waals surface area contributed by atoms with Crippen LogP contribution in [0.5, 0.6) is 0 Å². The fourth-order valence-corrected chi connectivity index (χ4v) is 0.314. The minimum Gasteiger partial charge on any atom is -0.472 e. The van der Waals surface area contributed by atoms with Gasteiger partial charge in [-0.05, 0) is 0 Å². The summed E-state index contributed by atoms with van der Waals surface area (Å²) in [5, 5.41) is 7.00. The van der Waals surface area contributed by atoms with E-state index in [2.05, 4.69) is 4.42 Å². The van der Waals surface area contributed by atoms with Gasteiger partial charge < -0.3 is 9.52 Å². The van der Waals surface area contributed by atoms with Crippen molar-refractivity contribution in [2.75, 3.05) is 7.11 Å². The van der Waals surface area contributed by atoms with Crippen molar-refractivity contribution in [3.8, 4) is 0 Å². The molecule has 0 saturated carbocycles. The lowest BCUT2D eigenvalue weighted by Gasteiger charge is -1.72. The molecule has 1 aromatic heterocycles. The lowest BCUT2D eigenvalue weighted by molar-refractivity contribution is 0.399. The zero-order valence-electron chi connectivity index (χ0n) is 5.07. The molecule has 0 aliphatic carbocycles. The van der Waals surface area contributed by atoms with Crippen LogP contribution in [0.1, 0.15) is 0 Å². The summed E-state index contributed by atoms with van der Waals surface area (Å²) >= 11 is 0. The molecule has 1 heterocycles. The first-order chi connectivity index (χ1) is 4.39. The van der Waals surface area contributed by atoms with Gasteiger partial charge >= 0.3 is 0 Å². The van der Waals surface area contributed by atoms with Crippen molar-refractivity contribution >= 4 is 0 Å². The molecule has 0 aliphatic heterocycles. The standard InChI is InChI=1S/C5H4O2.CH4O/c6-5-1-3-7-4-2-5;1-2/h1-4H;2H,1H3. The smallest absolute Gasteiger partial charge is 0.184 e. The highest BCUT2D eigenvalue weighted by molar-refractivity contribution is 4.86. The average Bonchev–Trinajstić information content (AvgIpc) is 1.94. The summed E-state index contributed by atoms with van der Waals surface area (Å²) in [4.78, 5) is 10.2. The first-order valence-electron chi connectivity index (χ1n) is 2.37. The van der Waals surface area contributed by atoms with E-state index >= 15 is 0 Å². The van der Waals surface area contributed by atoms with Crippen molar-refractivity contribution in [2.24, 2.45) is 0 Å². The second-order valence-electron chi connectivity index (χ2n) is 1.14. The third-order valence-corrected chi connectivity index (χ3v) is 0.622. The Morgan fingerprint density at radius 2 is 1.78 bits per heavy atom. The summed E-state index contributed by atoms with van der Waals surface area (Å²) < 4.78 is 4.56. The molecule has 0 aliphatic rings. The van der Waals surface area contributed by atoms with Crippen molar-refractivity contribution in [3.05, 3.63) is 34.9 Å². The van der Waals surface area contributed by atoms with Gasteiger partial charge in [0, 0.05) is 19.2 Å². The lowest BCUT2D eigenvalue weighted by Crippen LogP contribution is -1.90. The van der Waals surface area contributed by atoms with E-state index in [1.54, 1.807) is 0 Å². The van der Waals surface area contributed by atoms with Gasteiger partial charge in [-0.25, -0.2) is 0 Å². The molecule has 3 heteroatoms. The second kappa shape index (κ2) is 5.05. The maximum Gasteiger partial charge on any atom is 0.184 e. The van der Waals surface area contributed by atoms with E-state index in [1.165, 1.54) is 24.7 Å². The third kappa shape index (κ3) is 3.49. The molecule has 1 rings (SSSR count). The SMILES string of the molecule is CO.O=c1ccocc1. The van der Waals surface area contributed by atoms with E-state index in [0.717, 1.165) is 7.11 Å². The minimum atomic E-state index is -0.0220. The van der Waals surface area contributed by atoms with E-state index in [4.69, 9.17) is 5.11 Å². The van der Waals surface area contributed by atoms with E-state index in [-0.39, 0.29) is 5.43 Å². The summed E-state index contributed by atoms with van der Waals surface area (Å²) in [5.74, 6) is 0. The molecule has 0 saturated heterocycles. The quantitative estimate of drug-likeness (QED) is 0.544. The normalized spacial score (nSPS) is 7.33. The molecule has 0 fully saturated rings. The molecule has 1 aromatic rings. The Balaban J connectivity index is 0.000000291. The van der Waals surface area contributed by atoms with Gasteiger partial charge in [-0.1, -0.05) is 0 Å². The van der Waals surface area contributed by atoms with Crippen molar-refractivity contribution < 1.29 is 9.52 Å². The predicted molar refractivity (Wildman–Crippen MR) is 33.1 cm³/mol. The molecule has 0 unspecified atom stereocenters. The molecule has 9 heavy (non-hydrogen) atoms. The Kier molecular flexibility index (Phi) is 4.44. The summed E-state index contributed by atoms with van der Waals surface area (Å²) in [6.07, 6.45) is 2.70. The molecule has 0 amide bonds. The van der Waals surface area contributed by atoms with Gasteiger partial charge in [0.1, 0.15) is 0 Å². The van der Waals surface area contributed by atoms with Gasteiger partial charge in [0.25, 0.3) is 0 Å². The Bertz CT molecular complexity index is 174. The number of hydrogen-bond acceptors (Lipinski definition) is 3. The molecule has 0 spiro atoms. The molecule has 50 valence electrons. The summed E-state index contributed by atoms with van der Waals surface area (Å²) in [5.41, 5.74) is -0.0220. The van der Waals surface area contributed by atoms with E-state index < -0.39 is 0 Å². The molecule has 1 N–H and O–H groups in total. The summed E-state index contributed by atoms with van der Waals surface area (Å²) in [6, 6.07) is 2.72.